The third kappa shape index (κ3) is 5.00. The van der Waals surface area contributed by atoms with Crippen LogP contribution in [0.4, 0.5) is 11.4 Å². The van der Waals surface area contributed by atoms with Gasteiger partial charge in [-0.3, -0.25) is 9.59 Å². The number of para-hydroxylation sites is 2. The van der Waals surface area contributed by atoms with Crippen molar-refractivity contribution < 1.29 is 9.59 Å². The molecular weight excluding hydrogens is 348 g/mol. The molecule has 0 aromatic heterocycles. The van der Waals surface area contributed by atoms with Crippen molar-refractivity contribution in [1.29, 1.82) is 0 Å². The molecule has 0 bridgehead atoms. The molecule has 2 aromatic rings. The van der Waals surface area contributed by atoms with Crippen molar-refractivity contribution in [3.05, 3.63) is 59.7 Å². The minimum absolute atomic E-state index is 0.00873. The second-order valence-electron chi connectivity index (χ2n) is 7.80. The maximum absolute atomic E-state index is 12.7. The Morgan fingerprint density at radius 2 is 1.39 bits per heavy atom. The highest BCUT2D eigenvalue weighted by Gasteiger charge is 2.23. The van der Waals surface area contributed by atoms with E-state index >= 15 is 0 Å². The van der Waals surface area contributed by atoms with Gasteiger partial charge in [0.1, 0.15) is 0 Å². The SMILES string of the molecule is CC(=O)N(CCC(=O)N(C)c1ccccc1)c1c(C(C)C)cccc1C(C)C. The lowest BCUT2D eigenvalue weighted by Gasteiger charge is -2.30. The Labute approximate surface area is 169 Å². The first kappa shape index (κ1) is 21.7. The minimum atomic E-state index is -0.0369. The maximum atomic E-state index is 12.7. The van der Waals surface area contributed by atoms with Gasteiger partial charge in [0, 0.05) is 32.6 Å². The van der Waals surface area contributed by atoms with Crippen LogP contribution in [0.3, 0.4) is 0 Å². The number of rotatable bonds is 7. The number of anilines is 2. The number of nitrogens with zero attached hydrogens (tertiary/aromatic N) is 2. The Morgan fingerprint density at radius 1 is 0.857 bits per heavy atom. The van der Waals surface area contributed by atoms with Gasteiger partial charge in [0.05, 0.1) is 5.69 Å². The molecule has 0 saturated heterocycles. The first-order chi connectivity index (χ1) is 13.2. The van der Waals surface area contributed by atoms with Crippen LogP contribution in [0.2, 0.25) is 0 Å². The van der Waals surface area contributed by atoms with E-state index in [0.29, 0.717) is 18.4 Å². The molecule has 0 aliphatic rings. The molecule has 28 heavy (non-hydrogen) atoms. The van der Waals surface area contributed by atoms with Crippen LogP contribution >= 0.6 is 0 Å². The summed E-state index contributed by atoms with van der Waals surface area (Å²) in [6.07, 6.45) is 0.273. The van der Waals surface area contributed by atoms with Crippen LogP contribution in [-0.2, 0) is 9.59 Å². The summed E-state index contributed by atoms with van der Waals surface area (Å²) in [7, 11) is 1.78. The second-order valence-corrected chi connectivity index (χ2v) is 7.80. The highest BCUT2D eigenvalue weighted by atomic mass is 16.2. The summed E-state index contributed by atoms with van der Waals surface area (Å²) in [6, 6.07) is 15.8. The number of hydrogen-bond acceptors (Lipinski definition) is 2. The predicted octanol–water partition coefficient (Wildman–Crippen LogP) is 5.34. The molecule has 0 fully saturated rings. The Bertz CT molecular complexity index is 786. The van der Waals surface area contributed by atoms with Gasteiger partial charge in [-0.1, -0.05) is 64.1 Å². The van der Waals surface area contributed by atoms with Crippen molar-refractivity contribution in [1.82, 2.24) is 0 Å². The molecule has 4 nitrogen and oxygen atoms in total. The van der Waals surface area contributed by atoms with E-state index in [0.717, 1.165) is 22.5 Å². The summed E-state index contributed by atoms with van der Waals surface area (Å²) in [5.74, 6) is 0.534. The van der Waals surface area contributed by atoms with Crippen LogP contribution in [-0.4, -0.2) is 25.4 Å². The van der Waals surface area contributed by atoms with Crippen LogP contribution in [0.25, 0.3) is 0 Å². The zero-order valence-corrected chi connectivity index (χ0v) is 17.9. The van der Waals surface area contributed by atoms with Gasteiger partial charge in [-0.15, -0.1) is 0 Å². The fourth-order valence-electron chi connectivity index (χ4n) is 3.42. The molecule has 0 heterocycles. The molecule has 0 aliphatic heterocycles. The van der Waals surface area contributed by atoms with Crippen molar-refractivity contribution in [2.24, 2.45) is 0 Å². The molecule has 0 unspecified atom stereocenters. The average molecular weight is 381 g/mol. The Morgan fingerprint density at radius 3 is 1.86 bits per heavy atom. The second kappa shape index (κ2) is 9.54. The Kier molecular flexibility index (Phi) is 7.38. The first-order valence-electron chi connectivity index (χ1n) is 9.96. The molecule has 0 radical (unpaired) electrons. The monoisotopic (exact) mass is 380 g/mol. The first-order valence-corrected chi connectivity index (χ1v) is 9.96. The van der Waals surface area contributed by atoms with Gasteiger partial charge in [0.25, 0.3) is 0 Å². The largest absolute Gasteiger partial charge is 0.315 e. The van der Waals surface area contributed by atoms with E-state index in [-0.39, 0.29) is 18.2 Å². The third-order valence-electron chi connectivity index (χ3n) is 5.06. The maximum Gasteiger partial charge on any atom is 0.228 e. The molecule has 2 amide bonds. The van der Waals surface area contributed by atoms with E-state index < -0.39 is 0 Å². The van der Waals surface area contributed by atoms with Crippen LogP contribution in [0.5, 0.6) is 0 Å². The van der Waals surface area contributed by atoms with Crippen molar-refractivity contribution in [2.75, 3.05) is 23.4 Å². The smallest absolute Gasteiger partial charge is 0.228 e. The zero-order valence-electron chi connectivity index (χ0n) is 17.9. The quantitative estimate of drug-likeness (QED) is 0.650. The van der Waals surface area contributed by atoms with Crippen molar-refractivity contribution in [3.63, 3.8) is 0 Å². The number of carbonyl (C=O) groups excluding carboxylic acids is 2. The lowest BCUT2D eigenvalue weighted by molar-refractivity contribution is -0.118. The molecule has 0 saturated carbocycles. The highest BCUT2D eigenvalue weighted by molar-refractivity contribution is 5.96. The number of carbonyl (C=O) groups is 2. The van der Waals surface area contributed by atoms with E-state index in [1.807, 2.05) is 30.3 Å². The number of benzene rings is 2. The molecule has 2 aromatic carbocycles. The lowest BCUT2D eigenvalue weighted by atomic mass is 9.91. The summed E-state index contributed by atoms with van der Waals surface area (Å²) in [5.41, 5.74) is 4.11. The van der Waals surface area contributed by atoms with Gasteiger partial charge in [-0.2, -0.15) is 0 Å². The summed E-state index contributed by atoms with van der Waals surface area (Å²) in [6.45, 7) is 10.5. The van der Waals surface area contributed by atoms with Crippen LogP contribution in [0.1, 0.15) is 64.0 Å². The topological polar surface area (TPSA) is 40.6 Å². The van der Waals surface area contributed by atoms with E-state index in [4.69, 9.17) is 0 Å². The molecule has 0 N–H and O–H groups in total. The summed E-state index contributed by atoms with van der Waals surface area (Å²) in [4.78, 5) is 28.7. The van der Waals surface area contributed by atoms with Gasteiger partial charge in [0.15, 0.2) is 0 Å². The lowest BCUT2D eigenvalue weighted by Crippen LogP contribution is -2.36. The summed E-state index contributed by atoms with van der Waals surface area (Å²) in [5, 5.41) is 0. The van der Waals surface area contributed by atoms with E-state index in [2.05, 4.69) is 45.9 Å². The molecule has 2 rings (SSSR count). The Hall–Kier alpha value is -2.62. The van der Waals surface area contributed by atoms with Gasteiger partial charge in [0.2, 0.25) is 11.8 Å². The van der Waals surface area contributed by atoms with Gasteiger partial charge >= 0.3 is 0 Å². The van der Waals surface area contributed by atoms with Gasteiger partial charge in [-0.05, 0) is 35.1 Å². The number of hydrogen-bond donors (Lipinski definition) is 0. The molecule has 4 heteroatoms. The number of amides is 2. The summed E-state index contributed by atoms with van der Waals surface area (Å²) < 4.78 is 0. The minimum Gasteiger partial charge on any atom is -0.315 e. The van der Waals surface area contributed by atoms with Crippen LogP contribution < -0.4 is 9.80 Å². The van der Waals surface area contributed by atoms with E-state index in [1.54, 1.807) is 23.8 Å². The normalized spacial score (nSPS) is 11.0. The molecular formula is C24H32N2O2. The highest BCUT2D eigenvalue weighted by Crippen LogP contribution is 2.35. The molecule has 0 spiro atoms. The molecule has 0 aliphatic carbocycles. The fourth-order valence-corrected chi connectivity index (χ4v) is 3.42. The standard InChI is InChI=1S/C24H32N2O2/c1-17(2)21-13-10-14-22(18(3)4)24(21)26(19(5)27)16-15-23(28)25(6)20-11-8-7-9-12-20/h7-14,17-18H,15-16H2,1-6H3. The fraction of sp³-hybridized carbons (Fsp3) is 0.417. The van der Waals surface area contributed by atoms with Crippen LogP contribution in [0, 0.1) is 0 Å². The average Bonchev–Trinajstić information content (AvgIpc) is 2.67. The molecule has 150 valence electrons. The Balaban J connectivity index is 2.30. The third-order valence-corrected chi connectivity index (χ3v) is 5.06. The predicted molar refractivity (Wildman–Crippen MR) is 117 cm³/mol. The van der Waals surface area contributed by atoms with Crippen molar-refractivity contribution in [2.45, 2.75) is 52.9 Å². The van der Waals surface area contributed by atoms with Gasteiger partial charge < -0.3 is 9.80 Å². The van der Waals surface area contributed by atoms with Crippen molar-refractivity contribution >= 4 is 23.2 Å². The zero-order chi connectivity index (χ0) is 20.8. The van der Waals surface area contributed by atoms with Crippen LogP contribution in [0.15, 0.2) is 48.5 Å². The van der Waals surface area contributed by atoms with Gasteiger partial charge in [-0.25, -0.2) is 0 Å². The van der Waals surface area contributed by atoms with Crippen molar-refractivity contribution in [3.8, 4) is 0 Å². The summed E-state index contributed by atoms with van der Waals surface area (Å²) >= 11 is 0. The van der Waals surface area contributed by atoms with E-state index in [9.17, 15) is 9.59 Å². The molecule has 0 atom stereocenters. The van der Waals surface area contributed by atoms with E-state index in [1.165, 1.54) is 0 Å².